The number of rotatable bonds is 5. The molecule has 0 fully saturated rings. The molecule has 2 aromatic carbocycles. The molecule has 0 spiro atoms. The molecule has 0 saturated heterocycles. The van der Waals surface area contributed by atoms with E-state index in [0.29, 0.717) is 6.54 Å². The number of anilines is 1. The van der Waals surface area contributed by atoms with Crippen molar-refractivity contribution in [1.29, 1.82) is 0 Å². The molecule has 0 aliphatic rings. The van der Waals surface area contributed by atoms with Crippen LogP contribution in [0.15, 0.2) is 48.5 Å². The van der Waals surface area contributed by atoms with Gasteiger partial charge in [0, 0.05) is 5.56 Å². The molecule has 2 aromatic rings. The number of para-hydroxylation sites is 1. The molecule has 1 unspecified atom stereocenters. The fourth-order valence-corrected chi connectivity index (χ4v) is 2.14. The standard InChI is InChI=1S/C17H18F2N2O/c1-12(21(2)11-13-7-4-3-5-8-13)17(22)20-16-14(18)9-6-10-15(16)19/h3-10,12H,11H2,1-2H3,(H,20,22)/p+1/t12-/m0/s1. The normalized spacial score (nSPS) is 13.5. The maximum atomic E-state index is 13.6. The Balaban J connectivity index is 2.03. The summed E-state index contributed by atoms with van der Waals surface area (Å²) in [4.78, 5) is 13.1. The number of nitrogens with one attached hydrogen (secondary N) is 2. The van der Waals surface area contributed by atoms with Crippen molar-refractivity contribution >= 4 is 11.6 Å². The second kappa shape index (κ2) is 7.13. The molecule has 0 aromatic heterocycles. The minimum Gasteiger partial charge on any atom is -0.324 e. The second-order valence-electron chi connectivity index (χ2n) is 5.32. The highest BCUT2D eigenvalue weighted by molar-refractivity contribution is 5.93. The number of amides is 1. The molecule has 22 heavy (non-hydrogen) atoms. The monoisotopic (exact) mass is 305 g/mol. The van der Waals surface area contributed by atoms with Gasteiger partial charge in [0.05, 0.1) is 7.05 Å². The van der Waals surface area contributed by atoms with Gasteiger partial charge in [-0.3, -0.25) is 4.79 Å². The van der Waals surface area contributed by atoms with Crippen LogP contribution in [0, 0.1) is 11.6 Å². The van der Waals surface area contributed by atoms with Crippen molar-refractivity contribution in [2.75, 3.05) is 12.4 Å². The van der Waals surface area contributed by atoms with Gasteiger partial charge in [0.1, 0.15) is 23.9 Å². The number of halogens is 2. The Labute approximate surface area is 128 Å². The summed E-state index contributed by atoms with van der Waals surface area (Å²) in [5.41, 5.74) is 0.698. The second-order valence-corrected chi connectivity index (χ2v) is 5.32. The van der Waals surface area contributed by atoms with Gasteiger partial charge in [-0.2, -0.15) is 0 Å². The first-order valence-corrected chi connectivity index (χ1v) is 7.10. The predicted octanol–water partition coefficient (Wildman–Crippen LogP) is 2.01. The van der Waals surface area contributed by atoms with E-state index in [9.17, 15) is 13.6 Å². The van der Waals surface area contributed by atoms with Gasteiger partial charge < -0.3 is 10.2 Å². The van der Waals surface area contributed by atoms with Crippen LogP contribution in [-0.2, 0) is 11.3 Å². The average molecular weight is 305 g/mol. The summed E-state index contributed by atoms with van der Waals surface area (Å²) in [7, 11) is 1.87. The highest BCUT2D eigenvalue weighted by Gasteiger charge is 2.24. The van der Waals surface area contributed by atoms with E-state index in [4.69, 9.17) is 0 Å². The molecule has 0 aliphatic heterocycles. The van der Waals surface area contributed by atoms with Gasteiger partial charge in [-0.25, -0.2) is 8.78 Å². The fraction of sp³-hybridized carbons (Fsp3) is 0.235. The lowest BCUT2D eigenvalue weighted by Crippen LogP contribution is -3.12. The van der Waals surface area contributed by atoms with Crippen LogP contribution in [-0.4, -0.2) is 19.0 Å². The molecule has 0 bridgehead atoms. The molecule has 2 rings (SSSR count). The van der Waals surface area contributed by atoms with Gasteiger partial charge in [-0.1, -0.05) is 36.4 Å². The van der Waals surface area contributed by atoms with Crippen LogP contribution >= 0.6 is 0 Å². The number of likely N-dealkylation sites (N-methyl/N-ethyl adjacent to an activating group) is 1. The predicted molar refractivity (Wildman–Crippen MR) is 81.5 cm³/mol. The largest absolute Gasteiger partial charge is 0.324 e. The van der Waals surface area contributed by atoms with Crippen LogP contribution < -0.4 is 10.2 Å². The summed E-state index contributed by atoms with van der Waals surface area (Å²) in [5, 5.41) is 2.34. The Morgan fingerprint density at radius 2 is 1.68 bits per heavy atom. The zero-order valence-corrected chi connectivity index (χ0v) is 12.6. The van der Waals surface area contributed by atoms with Crippen molar-refractivity contribution in [1.82, 2.24) is 0 Å². The Morgan fingerprint density at radius 1 is 1.09 bits per heavy atom. The third-order valence-electron chi connectivity index (χ3n) is 3.67. The van der Waals surface area contributed by atoms with Crippen LogP contribution in [0.5, 0.6) is 0 Å². The van der Waals surface area contributed by atoms with Crippen molar-refractivity contribution in [3.63, 3.8) is 0 Å². The van der Waals surface area contributed by atoms with Crippen molar-refractivity contribution in [2.24, 2.45) is 0 Å². The molecule has 1 amide bonds. The summed E-state index contributed by atoms with van der Waals surface area (Å²) in [5.74, 6) is -1.97. The van der Waals surface area contributed by atoms with Gasteiger partial charge in [-0.05, 0) is 19.1 Å². The first kappa shape index (κ1) is 16.1. The lowest BCUT2D eigenvalue weighted by Gasteiger charge is -2.21. The summed E-state index contributed by atoms with van der Waals surface area (Å²) in [6.07, 6.45) is 0. The van der Waals surface area contributed by atoms with E-state index in [1.54, 1.807) is 6.92 Å². The van der Waals surface area contributed by atoms with E-state index >= 15 is 0 Å². The first-order valence-electron chi connectivity index (χ1n) is 7.10. The number of hydrogen-bond acceptors (Lipinski definition) is 1. The number of carbonyl (C=O) groups is 1. The van der Waals surface area contributed by atoms with Crippen molar-refractivity contribution in [3.8, 4) is 0 Å². The van der Waals surface area contributed by atoms with Gasteiger partial charge in [-0.15, -0.1) is 0 Å². The minimum atomic E-state index is -0.777. The maximum Gasteiger partial charge on any atom is 0.282 e. The summed E-state index contributed by atoms with van der Waals surface area (Å²) >= 11 is 0. The summed E-state index contributed by atoms with van der Waals surface area (Å²) in [6.45, 7) is 2.38. The number of hydrogen-bond donors (Lipinski definition) is 2. The Kier molecular flexibility index (Phi) is 5.22. The molecular formula is C17H19F2N2O+. The van der Waals surface area contributed by atoms with Crippen molar-refractivity contribution in [3.05, 3.63) is 65.7 Å². The molecule has 0 saturated carbocycles. The third kappa shape index (κ3) is 3.89. The zero-order valence-electron chi connectivity index (χ0n) is 12.6. The lowest BCUT2D eigenvalue weighted by atomic mass is 10.2. The summed E-state index contributed by atoms with van der Waals surface area (Å²) in [6, 6.07) is 12.8. The molecule has 5 heteroatoms. The molecule has 116 valence electrons. The van der Waals surface area contributed by atoms with Crippen LogP contribution in [0.3, 0.4) is 0 Å². The van der Waals surface area contributed by atoms with Gasteiger partial charge in [0.15, 0.2) is 6.04 Å². The zero-order chi connectivity index (χ0) is 16.1. The molecular weight excluding hydrogens is 286 g/mol. The molecule has 2 N–H and O–H groups in total. The van der Waals surface area contributed by atoms with E-state index in [2.05, 4.69) is 5.32 Å². The smallest absolute Gasteiger partial charge is 0.282 e. The average Bonchev–Trinajstić information content (AvgIpc) is 2.51. The minimum absolute atomic E-state index is 0.396. The first-order chi connectivity index (χ1) is 10.5. The highest BCUT2D eigenvalue weighted by Crippen LogP contribution is 2.17. The highest BCUT2D eigenvalue weighted by atomic mass is 19.1. The lowest BCUT2D eigenvalue weighted by molar-refractivity contribution is -0.907. The van der Waals surface area contributed by atoms with Crippen LogP contribution in [0.1, 0.15) is 12.5 Å². The van der Waals surface area contributed by atoms with E-state index in [1.807, 2.05) is 37.4 Å². The summed E-state index contributed by atoms with van der Waals surface area (Å²) < 4.78 is 27.1. The number of quaternary nitrogens is 1. The topological polar surface area (TPSA) is 33.5 Å². The number of benzene rings is 2. The van der Waals surface area contributed by atoms with Crippen LogP contribution in [0.25, 0.3) is 0 Å². The Bertz CT molecular complexity index is 626. The maximum absolute atomic E-state index is 13.6. The quantitative estimate of drug-likeness (QED) is 0.870. The Morgan fingerprint density at radius 3 is 2.27 bits per heavy atom. The van der Waals surface area contributed by atoms with Gasteiger partial charge in [0.25, 0.3) is 5.91 Å². The van der Waals surface area contributed by atoms with Crippen LogP contribution in [0.4, 0.5) is 14.5 Å². The fourth-order valence-electron chi connectivity index (χ4n) is 2.14. The number of carbonyl (C=O) groups excluding carboxylic acids is 1. The van der Waals surface area contributed by atoms with Crippen molar-refractivity contribution in [2.45, 2.75) is 19.5 Å². The van der Waals surface area contributed by atoms with E-state index in [1.165, 1.54) is 6.07 Å². The molecule has 0 radical (unpaired) electrons. The van der Waals surface area contributed by atoms with Crippen molar-refractivity contribution < 1.29 is 18.5 Å². The Hall–Kier alpha value is -2.27. The van der Waals surface area contributed by atoms with Crippen LogP contribution in [0.2, 0.25) is 0 Å². The van der Waals surface area contributed by atoms with E-state index in [0.717, 1.165) is 22.6 Å². The molecule has 2 atom stereocenters. The van der Waals surface area contributed by atoms with Gasteiger partial charge in [0.2, 0.25) is 0 Å². The van der Waals surface area contributed by atoms with Gasteiger partial charge >= 0.3 is 0 Å². The van der Waals surface area contributed by atoms with E-state index in [-0.39, 0.29) is 0 Å². The third-order valence-corrected chi connectivity index (χ3v) is 3.67. The SMILES string of the molecule is C[C@@H](C(=O)Nc1c(F)cccc1F)[NH+](C)Cc1ccccc1. The molecule has 3 nitrogen and oxygen atoms in total. The van der Waals surface area contributed by atoms with E-state index < -0.39 is 29.3 Å². The molecule has 0 aliphatic carbocycles. The molecule has 0 heterocycles.